The molecule has 0 aliphatic heterocycles. The van der Waals surface area contributed by atoms with Crippen molar-refractivity contribution in [2.24, 2.45) is 5.92 Å². The van der Waals surface area contributed by atoms with E-state index >= 15 is 0 Å². The third-order valence-electron chi connectivity index (χ3n) is 4.83. The van der Waals surface area contributed by atoms with Gasteiger partial charge in [0.15, 0.2) is 9.84 Å². The van der Waals surface area contributed by atoms with E-state index in [1.165, 1.54) is 19.3 Å². The zero-order chi connectivity index (χ0) is 15.5. The molecule has 1 aromatic carbocycles. The molecule has 1 aliphatic rings. The lowest BCUT2D eigenvalue weighted by molar-refractivity contribution is 0.292. The van der Waals surface area contributed by atoms with Crippen LogP contribution in [-0.4, -0.2) is 27.3 Å². The molecule has 0 aromatic heterocycles. The highest BCUT2D eigenvalue weighted by Gasteiger charge is 2.28. The summed E-state index contributed by atoms with van der Waals surface area (Å²) in [6.45, 7) is 3.97. The lowest BCUT2D eigenvalue weighted by Crippen LogP contribution is -2.40. The molecule has 1 saturated carbocycles. The molecule has 1 atom stereocenters. The SMILES string of the molecule is CNC(CS(=O)(=O)c1ccc(C)c(C)c1)C1CCCCC1. The molecular weight excluding hydrogens is 282 g/mol. The van der Waals surface area contributed by atoms with E-state index in [0.29, 0.717) is 10.8 Å². The monoisotopic (exact) mass is 309 g/mol. The maximum Gasteiger partial charge on any atom is 0.179 e. The van der Waals surface area contributed by atoms with Gasteiger partial charge in [0.25, 0.3) is 0 Å². The van der Waals surface area contributed by atoms with Crippen LogP contribution in [0, 0.1) is 19.8 Å². The Bertz CT molecular complexity index is 574. The molecule has 1 fully saturated rings. The number of hydrogen-bond acceptors (Lipinski definition) is 3. The highest BCUT2D eigenvalue weighted by atomic mass is 32.2. The zero-order valence-electron chi connectivity index (χ0n) is 13.4. The van der Waals surface area contributed by atoms with Gasteiger partial charge in [0, 0.05) is 6.04 Å². The molecule has 1 unspecified atom stereocenters. The van der Waals surface area contributed by atoms with E-state index in [1.54, 1.807) is 12.1 Å². The van der Waals surface area contributed by atoms with E-state index in [1.807, 2.05) is 27.0 Å². The van der Waals surface area contributed by atoms with Crippen LogP contribution >= 0.6 is 0 Å². The predicted octanol–water partition coefficient (Wildman–Crippen LogP) is 3.25. The van der Waals surface area contributed by atoms with Crippen molar-refractivity contribution in [2.75, 3.05) is 12.8 Å². The van der Waals surface area contributed by atoms with Crippen LogP contribution < -0.4 is 5.32 Å². The summed E-state index contributed by atoms with van der Waals surface area (Å²) in [5.41, 5.74) is 2.17. The molecule has 118 valence electrons. The maximum atomic E-state index is 12.7. The Labute approximate surface area is 129 Å². The summed E-state index contributed by atoms with van der Waals surface area (Å²) < 4.78 is 25.3. The fourth-order valence-corrected chi connectivity index (χ4v) is 4.97. The Kier molecular flexibility index (Phi) is 5.44. The topological polar surface area (TPSA) is 46.2 Å². The van der Waals surface area contributed by atoms with Gasteiger partial charge in [-0.3, -0.25) is 0 Å². The first kappa shape index (κ1) is 16.5. The van der Waals surface area contributed by atoms with Crippen LogP contribution in [0.4, 0.5) is 0 Å². The molecule has 0 saturated heterocycles. The minimum atomic E-state index is -3.22. The maximum absolute atomic E-state index is 12.7. The molecule has 1 aromatic rings. The van der Waals surface area contributed by atoms with Crippen molar-refractivity contribution in [1.29, 1.82) is 0 Å². The summed E-state index contributed by atoms with van der Waals surface area (Å²) in [5, 5.41) is 3.24. The first-order valence-electron chi connectivity index (χ1n) is 7.91. The Morgan fingerprint density at radius 3 is 2.38 bits per heavy atom. The second kappa shape index (κ2) is 6.93. The van der Waals surface area contributed by atoms with Crippen molar-refractivity contribution in [3.8, 4) is 0 Å². The molecule has 4 heteroatoms. The summed E-state index contributed by atoms with van der Waals surface area (Å²) in [6.07, 6.45) is 6.04. The van der Waals surface area contributed by atoms with Crippen molar-refractivity contribution < 1.29 is 8.42 Å². The van der Waals surface area contributed by atoms with E-state index in [4.69, 9.17) is 0 Å². The van der Waals surface area contributed by atoms with Gasteiger partial charge in [-0.05, 0) is 62.9 Å². The number of nitrogens with one attached hydrogen (secondary N) is 1. The Hall–Kier alpha value is -0.870. The standard InChI is InChI=1S/C17H27NO2S/c1-13-9-10-16(11-14(13)2)21(19,20)12-17(18-3)15-7-5-4-6-8-15/h9-11,15,17-18H,4-8,12H2,1-3H3. The second-order valence-electron chi connectivity index (χ2n) is 6.32. The zero-order valence-corrected chi connectivity index (χ0v) is 14.2. The van der Waals surface area contributed by atoms with Gasteiger partial charge in [0.2, 0.25) is 0 Å². The van der Waals surface area contributed by atoms with Crippen LogP contribution in [0.15, 0.2) is 23.1 Å². The van der Waals surface area contributed by atoms with E-state index in [9.17, 15) is 8.42 Å². The first-order valence-corrected chi connectivity index (χ1v) is 9.56. The molecule has 0 amide bonds. The molecule has 0 heterocycles. The Morgan fingerprint density at radius 1 is 1.14 bits per heavy atom. The van der Waals surface area contributed by atoms with Gasteiger partial charge in [-0.15, -0.1) is 0 Å². The lowest BCUT2D eigenvalue weighted by Gasteiger charge is -2.29. The lowest BCUT2D eigenvalue weighted by atomic mass is 9.84. The highest BCUT2D eigenvalue weighted by molar-refractivity contribution is 7.91. The molecule has 1 aliphatic carbocycles. The molecule has 2 rings (SSSR count). The van der Waals surface area contributed by atoms with Crippen LogP contribution in [0.3, 0.4) is 0 Å². The average Bonchev–Trinajstić information content (AvgIpc) is 2.48. The van der Waals surface area contributed by atoms with Gasteiger partial charge < -0.3 is 5.32 Å². The van der Waals surface area contributed by atoms with Crippen LogP contribution in [0.1, 0.15) is 43.2 Å². The van der Waals surface area contributed by atoms with Crippen molar-refractivity contribution >= 4 is 9.84 Å². The van der Waals surface area contributed by atoms with Crippen LogP contribution in [0.25, 0.3) is 0 Å². The van der Waals surface area contributed by atoms with Gasteiger partial charge in [-0.1, -0.05) is 25.3 Å². The van der Waals surface area contributed by atoms with Crippen LogP contribution in [0.2, 0.25) is 0 Å². The molecule has 21 heavy (non-hydrogen) atoms. The number of hydrogen-bond donors (Lipinski definition) is 1. The average molecular weight is 309 g/mol. The molecule has 0 spiro atoms. The molecular formula is C17H27NO2S. The van der Waals surface area contributed by atoms with Gasteiger partial charge in [0.05, 0.1) is 10.6 Å². The summed E-state index contributed by atoms with van der Waals surface area (Å²) in [4.78, 5) is 0.460. The molecule has 3 nitrogen and oxygen atoms in total. The summed E-state index contributed by atoms with van der Waals surface area (Å²) in [5.74, 6) is 0.696. The predicted molar refractivity (Wildman–Crippen MR) is 87.4 cm³/mol. The van der Waals surface area contributed by atoms with E-state index in [2.05, 4.69) is 5.32 Å². The summed E-state index contributed by atoms with van der Waals surface area (Å²) in [6, 6.07) is 5.51. The summed E-state index contributed by atoms with van der Waals surface area (Å²) in [7, 11) is -1.34. The molecule has 1 N–H and O–H groups in total. The van der Waals surface area contributed by atoms with E-state index < -0.39 is 9.84 Å². The smallest absolute Gasteiger partial charge is 0.179 e. The Morgan fingerprint density at radius 2 is 1.81 bits per heavy atom. The van der Waals surface area contributed by atoms with Gasteiger partial charge >= 0.3 is 0 Å². The largest absolute Gasteiger partial charge is 0.316 e. The highest BCUT2D eigenvalue weighted by Crippen LogP contribution is 2.28. The minimum Gasteiger partial charge on any atom is -0.316 e. The van der Waals surface area contributed by atoms with Crippen molar-refractivity contribution in [3.05, 3.63) is 29.3 Å². The number of aryl methyl sites for hydroxylation is 2. The van der Waals surface area contributed by atoms with Gasteiger partial charge in [-0.25, -0.2) is 8.42 Å². The Balaban J connectivity index is 2.16. The number of rotatable bonds is 5. The normalized spacial score (nSPS) is 18.6. The van der Waals surface area contributed by atoms with E-state index in [0.717, 1.165) is 24.0 Å². The molecule has 0 bridgehead atoms. The van der Waals surface area contributed by atoms with Crippen LogP contribution in [0.5, 0.6) is 0 Å². The third-order valence-corrected chi connectivity index (χ3v) is 6.60. The summed E-state index contributed by atoms with van der Waals surface area (Å²) >= 11 is 0. The number of sulfone groups is 1. The first-order chi connectivity index (χ1) is 9.94. The number of benzene rings is 1. The third kappa shape index (κ3) is 4.07. The molecule has 0 radical (unpaired) electrons. The minimum absolute atomic E-state index is 0.0666. The van der Waals surface area contributed by atoms with Crippen LogP contribution in [-0.2, 0) is 9.84 Å². The van der Waals surface area contributed by atoms with Crippen molar-refractivity contribution in [3.63, 3.8) is 0 Å². The fourth-order valence-electron chi connectivity index (χ4n) is 3.23. The second-order valence-corrected chi connectivity index (χ2v) is 8.35. The van der Waals surface area contributed by atoms with Gasteiger partial charge in [-0.2, -0.15) is 0 Å². The van der Waals surface area contributed by atoms with Crippen molar-refractivity contribution in [1.82, 2.24) is 5.32 Å². The van der Waals surface area contributed by atoms with Gasteiger partial charge in [0.1, 0.15) is 0 Å². The quantitative estimate of drug-likeness (QED) is 0.908. The van der Waals surface area contributed by atoms with Crippen molar-refractivity contribution in [2.45, 2.75) is 56.9 Å². The fraction of sp³-hybridized carbons (Fsp3) is 0.647. The van der Waals surface area contributed by atoms with E-state index in [-0.39, 0.29) is 11.8 Å².